The van der Waals surface area contributed by atoms with Crippen LogP contribution in [0.2, 0.25) is 0 Å². The summed E-state index contributed by atoms with van der Waals surface area (Å²) in [7, 11) is 0. The van der Waals surface area contributed by atoms with E-state index in [1.807, 2.05) is 0 Å². The Balaban J connectivity index is 2.83. The third-order valence-electron chi connectivity index (χ3n) is 1.29. The average Bonchev–Trinajstić information content (AvgIpc) is 2.03. The number of halogens is 3. The quantitative estimate of drug-likeness (QED) is 0.620. The van der Waals surface area contributed by atoms with E-state index in [2.05, 4.69) is 36.6 Å². The standard InChI is InChI=1S/C8H5Br2FO2/c9-8(10)13-7(12)5-3-1-2-4-6(5)11/h1-4,8H. The largest absolute Gasteiger partial charge is 0.436 e. The normalized spacial score (nSPS) is 10.2. The molecule has 0 heterocycles. The Hall–Kier alpha value is -0.420. The third-order valence-corrected chi connectivity index (χ3v) is 1.66. The van der Waals surface area contributed by atoms with Crippen molar-refractivity contribution in [3.63, 3.8) is 0 Å². The van der Waals surface area contributed by atoms with Crippen molar-refractivity contribution in [2.45, 2.75) is 3.92 Å². The van der Waals surface area contributed by atoms with E-state index in [1.165, 1.54) is 18.2 Å². The van der Waals surface area contributed by atoms with E-state index in [-0.39, 0.29) is 5.56 Å². The van der Waals surface area contributed by atoms with Crippen molar-refractivity contribution in [1.82, 2.24) is 0 Å². The molecule has 1 rings (SSSR count). The van der Waals surface area contributed by atoms with Crippen molar-refractivity contribution < 1.29 is 13.9 Å². The molecule has 0 aliphatic rings. The molecule has 0 aliphatic heterocycles. The molecule has 5 heteroatoms. The van der Waals surface area contributed by atoms with Gasteiger partial charge in [0.25, 0.3) is 0 Å². The van der Waals surface area contributed by atoms with Gasteiger partial charge in [-0.2, -0.15) is 0 Å². The van der Waals surface area contributed by atoms with Gasteiger partial charge in [-0.25, -0.2) is 9.18 Å². The van der Waals surface area contributed by atoms with Crippen LogP contribution in [0, 0.1) is 5.82 Å². The van der Waals surface area contributed by atoms with E-state index in [1.54, 1.807) is 6.07 Å². The summed E-state index contributed by atoms with van der Waals surface area (Å²) in [5.74, 6) is -1.30. The van der Waals surface area contributed by atoms with E-state index >= 15 is 0 Å². The van der Waals surface area contributed by atoms with Gasteiger partial charge >= 0.3 is 5.97 Å². The molecule has 1 aromatic carbocycles. The SMILES string of the molecule is O=C(OC(Br)Br)c1ccccc1F. The summed E-state index contributed by atoms with van der Waals surface area (Å²) in [6, 6.07) is 5.64. The maximum atomic E-state index is 13.0. The monoisotopic (exact) mass is 310 g/mol. The third kappa shape index (κ3) is 3.08. The zero-order chi connectivity index (χ0) is 9.84. The van der Waals surface area contributed by atoms with Gasteiger partial charge < -0.3 is 4.74 Å². The van der Waals surface area contributed by atoms with Crippen LogP contribution >= 0.6 is 31.9 Å². The van der Waals surface area contributed by atoms with Gasteiger partial charge in [0, 0.05) is 0 Å². The highest BCUT2D eigenvalue weighted by molar-refractivity contribution is 9.24. The van der Waals surface area contributed by atoms with Crippen molar-refractivity contribution in [2.24, 2.45) is 0 Å². The Morgan fingerprint density at radius 1 is 1.38 bits per heavy atom. The number of rotatable bonds is 2. The maximum absolute atomic E-state index is 13.0. The van der Waals surface area contributed by atoms with Crippen LogP contribution < -0.4 is 0 Å². The lowest BCUT2D eigenvalue weighted by atomic mass is 10.2. The summed E-state index contributed by atoms with van der Waals surface area (Å²) in [6.45, 7) is 0. The summed E-state index contributed by atoms with van der Waals surface area (Å²) < 4.78 is 17.0. The van der Waals surface area contributed by atoms with Gasteiger partial charge in [-0.3, -0.25) is 0 Å². The Bertz CT molecular complexity index is 315. The summed E-state index contributed by atoms with van der Waals surface area (Å²) in [6.07, 6.45) is 0. The van der Waals surface area contributed by atoms with Gasteiger partial charge in [0.05, 0.1) is 5.56 Å². The van der Waals surface area contributed by atoms with E-state index in [4.69, 9.17) is 0 Å². The molecule has 0 N–H and O–H groups in total. The van der Waals surface area contributed by atoms with Gasteiger partial charge in [-0.15, -0.1) is 0 Å². The van der Waals surface area contributed by atoms with E-state index < -0.39 is 15.7 Å². The number of alkyl halides is 2. The topological polar surface area (TPSA) is 26.3 Å². The number of esters is 1. The van der Waals surface area contributed by atoms with Gasteiger partial charge in [0.15, 0.2) is 0 Å². The number of hydrogen-bond acceptors (Lipinski definition) is 2. The van der Waals surface area contributed by atoms with Crippen LogP contribution in [0.5, 0.6) is 0 Å². The first-order valence-electron chi connectivity index (χ1n) is 3.35. The predicted octanol–water partition coefficient (Wildman–Crippen LogP) is 3.06. The first-order chi connectivity index (χ1) is 6.11. The van der Waals surface area contributed by atoms with Crippen molar-refractivity contribution in [2.75, 3.05) is 0 Å². The fourth-order valence-corrected chi connectivity index (χ4v) is 1.11. The molecule has 0 saturated heterocycles. The predicted molar refractivity (Wildman–Crippen MR) is 53.5 cm³/mol. The molecule has 0 aromatic heterocycles. The second-order valence-corrected chi connectivity index (χ2v) is 5.04. The average molecular weight is 312 g/mol. The van der Waals surface area contributed by atoms with Crippen LogP contribution in [-0.4, -0.2) is 9.89 Å². The van der Waals surface area contributed by atoms with Crippen LogP contribution in [0.15, 0.2) is 24.3 Å². The molecule has 0 atom stereocenters. The molecule has 0 aliphatic carbocycles. The van der Waals surface area contributed by atoms with Crippen LogP contribution in [0.25, 0.3) is 0 Å². The fourth-order valence-electron chi connectivity index (χ4n) is 0.771. The minimum Gasteiger partial charge on any atom is -0.436 e. The molecular formula is C8H5Br2FO2. The minimum absolute atomic E-state index is 0.0774. The summed E-state index contributed by atoms with van der Waals surface area (Å²) in [5.41, 5.74) is -0.0774. The first kappa shape index (κ1) is 10.7. The van der Waals surface area contributed by atoms with Crippen molar-refractivity contribution in [1.29, 1.82) is 0 Å². The smallest absolute Gasteiger partial charge is 0.343 e. The Kier molecular flexibility index (Phi) is 3.87. The van der Waals surface area contributed by atoms with Crippen LogP contribution in [0.4, 0.5) is 4.39 Å². The zero-order valence-corrected chi connectivity index (χ0v) is 9.51. The molecule has 0 saturated carbocycles. The zero-order valence-electron chi connectivity index (χ0n) is 6.34. The number of benzene rings is 1. The second-order valence-electron chi connectivity index (χ2n) is 2.15. The van der Waals surface area contributed by atoms with E-state index in [0.717, 1.165) is 0 Å². The molecule has 0 bridgehead atoms. The molecule has 13 heavy (non-hydrogen) atoms. The molecule has 0 spiro atoms. The fraction of sp³-hybridized carbons (Fsp3) is 0.125. The van der Waals surface area contributed by atoms with Gasteiger partial charge in [0.1, 0.15) is 5.82 Å². The number of carbonyl (C=O) groups is 1. The lowest BCUT2D eigenvalue weighted by Gasteiger charge is -2.05. The van der Waals surface area contributed by atoms with Crippen molar-refractivity contribution in [3.05, 3.63) is 35.6 Å². The highest BCUT2D eigenvalue weighted by Gasteiger charge is 2.14. The molecule has 1 aromatic rings. The molecular weight excluding hydrogens is 307 g/mol. The molecule has 0 fully saturated rings. The second kappa shape index (κ2) is 4.72. The Morgan fingerprint density at radius 3 is 2.54 bits per heavy atom. The van der Waals surface area contributed by atoms with E-state index in [0.29, 0.717) is 0 Å². The number of hydrogen-bond donors (Lipinski definition) is 0. The summed E-state index contributed by atoms with van der Waals surface area (Å²) >= 11 is 5.90. The Labute approximate surface area is 91.3 Å². The molecule has 70 valence electrons. The molecule has 0 amide bonds. The summed E-state index contributed by atoms with van der Waals surface area (Å²) in [4.78, 5) is 11.2. The molecule has 0 radical (unpaired) electrons. The number of ether oxygens (including phenoxy) is 1. The van der Waals surface area contributed by atoms with Crippen LogP contribution in [0.1, 0.15) is 10.4 Å². The first-order valence-corrected chi connectivity index (χ1v) is 5.18. The molecule has 0 unspecified atom stereocenters. The lowest BCUT2D eigenvalue weighted by Crippen LogP contribution is -2.09. The van der Waals surface area contributed by atoms with Gasteiger partial charge in [-0.05, 0) is 44.0 Å². The molecule has 2 nitrogen and oxygen atoms in total. The Morgan fingerprint density at radius 2 is 2.00 bits per heavy atom. The summed E-state index contributed by atoms with van der Waals surface area (Å²) in [5, 5.41) is 0. The minimum atomic E-state index is -0.711. The van der Waals surface area contributed by atoms with Crippen LogP contribution in [-0.2, 0) is 4.74 Å². The van der Waals surface area contributed by atoms with E-state index in [9.17, 15) is 9.18 Å². The van der Waals surface area contributed by atoms with Crippen molar-refractivity contribution in [3.8, 4) is 0 Å². The van der Waals surface area contributed by atoms with Crippen LogP contribution in [0.3, 0.4) is 0 Å². The highest BCUT2D eigenvalue weighted by atomic mass is 79.9. The maximum Gasteiger partial charge on any atom is 0.343 e. The van der Waals surface area contributed by atoms with Gasteiger partial charge in [0.2, 0.25) is 3.92 Å². The lowest BCUT2D eigenvalue weighted by molar-refractivity contribution is 0.0555. The van der Waals surface area contributed by atoms with Crippen molar-refractivity contribution >= 4 is 37.8 Å². The highest BCUT2D eigenvalue weighted by Crippen LogP contribution is 2.14. The van der Waals surface area contributed by atoms with Gasteiger partial charge in [-0.1, -0.05) is 12.1 Å². The number of carbonyl (C=O) groups excluding carboxylic acids is 1.